The van der Waals surface area contributed by atoms with Crippen molar-refractivity contribution in [2.45, 2.75) is 32.5 Å². The van der Waals surface area contributed by atoms with E-state index in [1.165, 1.54) is 4.90 Å². The van der Waals surface area contributed by atoms with Crippen LogP contribution in [0.4, 0.5) is 5.82 Å². The number of aliphatic hydroxyl groups is 2. The molecule has 2 aromatic heterocycles. The van der Waals surface area contributed by atoms with Gasteiger partial charge in [-0.25, -0.2) is 4.98 Å². The number of anilines is 1. The zero-order valence-corrected chi connectivity index (χ0v) is 19.4. The average molecular weight is 477 g/mol. The van der Waals surface area contributed by atoms with E-state index in [1.54, 1.807) is 36.7 Å². The molecule has 0 radical (unpaired) electrons. The first-order chi connectivity index (χ1) is 15.3. The third-order valence-corrected chi connectivity index (χ3v) is 5.42. The normalized spacial score (nSPS) is 11.2. The maximum Gasteiger partial charge on any atom is 0.270 e. The molecule has 0 fully saturated rings. The maximum atomic E-state index is 13.3. The van der Waals surface area contributed by atoms with Crippen LogP contribution in [0.2, 0.25) is 10.0 Å². The van der Waals surface area contributed by atoms with Gasteiger partial charge >= 0.3 is 0 Å². The van der Waals surface area contributed by atoms with Gasteiger partial charge in [0.15, 0.2) is 0 Å². The molecule has 2 heterocycles. The van der Waals surface area contributed by atoms with Crippen molar-refractivity contribution in [3.8, 4) is 11.1 Å². The molecule has 9 heteroatoms. The number of benzene rings is 1. The van der Waals surface area contributed by atoms with Gasteiger partial charge in [-0.15, -0.1) is 0 Å². The number of H-pyrrole nitrogens is 1. The number of hydrogen-bond acceptors (Lipinski definition) is 5. The molecule has 7 nitrogen and oxygen atoms in total. The summed E-state index contributed by atoms with van der Waals surface area (Å²) in [5.41, 5.74) is 2.54. The molecule has 0 saturated heterocycles. The van der Waals surface area contributed by atoms with Gasteiger partial charge in [0, 0.05) is 41.1 Å². The number of aliphatic hydroxyl groups excluding tert-OH is 2. The molecule has 170 valence electrons. The summed E-state index contributed by atoms with van der Waals surface area (Å²) >= 11 is 12.4. The molecule has 0 spiro atoms. The zero-order chi connectivity index (χ0) is 23.3. The van der Waals surface area contributed by atoms with Crippen molar-refractivity contribution in [1.29, 1.82) is 0 Å². The van der Waals surface area contributed by atoms with Gasteiger partial charge in [0.2, 0.25) is 0 Å². The molecular weight excluding hydrogens is 451 g/mol. The Labute approximate surface area is 197 Å². The predicted molar refractivity (Wildman–Crippen MR) is 127 cm³/mol. The molecule has 1 aromatic carbocycles. The van der Waals surface area contributed by atoms with Crippen LogP contribution in [-0.4, -0.2) is 56.3 Å². The second-order valence-corrected chi connectivity index (χ2v) is 8.58. The van der Waals surface area contributed by atoms with E-state index in [-0.39, 0.29) is 31.7 Å². The van der Waals surface area contributed by atoms with Gasteiger partial charge in [0.05, 0.1) is 24.3 Å². The molecule has 32 heavy (non-hydrogen) atoms. The van der Waals surface area contributed by atoms with E-state index in [0.717, 1.165) is 16.7 Å². The van der Waals surface area contributed by atoms with E-state index in [9.17, 15) is 15.0 Å². The zero-order valence-electron chi connectivity index (χ0n) is 17.8. The Morgan fingerprint density at radius 3 is 2.59 bits per heavy atom. The van der Waals surface area contributed by atoms with Crippen LogP contribution in [0.25, 0.3) is 11.1 Å². The number of carbonyl (C=O) groups excluding carboxylic acids is 1. The Balaban J connectivity index is 1.90. The molecule has 1 amide bonds. The van der Waals surface area contributed by atoms with Gasteiger partial charge in [-0.1, -0.05) is 35.3 Å². The molecule has 0 aliphatic rings. The summed E-state index contributed by atoms with van der Waals surface area (Å²) in [5.74, 6) is 0.312. The molecular formula is C23H26Cl2N4O3. The standard InChI is InChI=1S/C23H26Cl2N4O3/c1-14(2)28-22-8-19(20(25)10-27-22)16-7-21(26-9-16)23(32)29(18(12-30)13-31)11-15-4-3-5-17(24)6-15/h3-10,14,18,26,30-31H,11-13H2,1-2H3,(H,27,28). The van der Waals surface area contributed by atoms with Gasteiger partial charge < -0.3 is 25.4 Å². The van der Waals surface area contributed by atoms with Crippen LogP contribution in [-0.2, 0) is 6.54 Å². The number of halogens is 2. The van der Waals surface area contributed by atoms with Crippen molar-refractivity contribution < 1.29 is 15.0 Å². The molecule has 0 bridgehead atoms. The molecule has 0 saturated carbocycles. The molecule has 0 aliphatic heterocycles. The van der Waals surface area contributed by atoms with Crippen molar-refractivity contribution in [2.75, 3.05) is 18.5 Å². The first-order valence-electron chi connectivity index (χ1n) is 10.2. The lowest BCUT2D eigenvalue weighted by Gasteiger charge is -2.29. The van der Waals surface area contributed by atoms with Crippen molar-refractivity contribution in [2.24, 2.45) is 0 Å². The lowest BCUT2D eigenvalue weighted by molar-refractivity contribution is 0.0431. The molecule has 4 N–H and O–H groups in total. The quantitative estimate of drug-likeness (QED) is 0.370. The van der Waals surface area contributed by atoms with Crippen LogP contribution in [0.15, 0.2) is 48.8 Å². The Hall–Kier alpha value is -2.58. The Morgan fingerprint density at radius 2 is 1.94 bits per heavy atom. The first kappa shape index (κ1) is 24.1. The minimum Gasteiger partial charge on any atom is -0.394 e. The van der Waals surface area contributed by atoms with Gasteiger partial charge in [-0.2, -0.15) is 0 Å². The number of aromatic nitrogens is 2. The predicted octanol–water partition coefficient (Wildman–Crippen LogP) is 4.20. The van der Waals surface area contributed by atoms with Crippen LogP contribution in [0, 0.1) is 0 Å². The fourth-order valence-corrected chi connectivity index (χ4v) is 3.74. The van der Waals surface area contributed by atoms with E-state index in [0.29, 0.717) is 21.6 Å². The summed E-state index contributed by atoms with van der Waals surface area (Å²) < 4.78 is 0. The molecule has 0 atom stereocenters. The minimum absolute atomic E-state index is 0.179. The molecule has 3 rings (SSSR count). The lowest BCUT2D eigenvalue weighted by Crippen LogP contribution is -2.44. The summed E-state index contributed by atoms with van der Waals surface area (Å²) in [4.78, 5) is 22.0. The Bertz CT molecular complexity index is 1070. The highest BCUT2D eigenvalue weighted by atomic mass is 35.5. The van der Waals surface area contributed by atoms with Crippen LogP contribution in [0.1, 0.15) is 29.9 Å². The molecule has 3 aromatic rings. The van der Waals surface area contributed by atoms with E-state index >= 15 is 0 Å². The number of rotatable bonds is 9. The summed E-state index contributed by atoms with van der Waals surface area (Å²) in [6.45, 7) is 3.44. The van der Waals surface area contributed by atoms with Crippen LogP contribution in [0.3, 0.4) is 0 Å². The fourth-order valence-electron chi connectivity index (χ4n) is 3.32. The highest BCUT2D eigenvalue weighted by molar-refractivity contribution is 6.33. The molecule has 0 unspecified atom stereocenters. The first-order valence-corrected chi connectivity index (χ1v) is 11.0. The number of carbonyl (C=O) groups is 1. The van der Waals surface area contributed by atoms with Crippen molar-refractivity contribution in [3.05, 3.63) is 70.1 Å². The highest BCUT2D eigenvalue weighted by Crippen LogP contribution is 2.30. The Morgan fingerprint density at radius 1 is 1.19 bits per heavy atom. The van der Waals surface area contributed by atoms with Crippen LogP contribution in [0.5, 0.6) is 0 Å². The number of aromatic amines is 1. The molecule has 0 aliphatic carbocycles. The van der Waals surface area contributed by atoms with Gasteiger partial charge in [0.1, 0.15) is 11.5 Å². The number of nitrogens with zero attached hydrogens (tertiary/aromatic N) is 2. The van der Waals surface area contributed by atoms with Crippen molar-refractivity contribution >= 4 is 34.9 Å². The second kappa shape index (κ2) is 10.8. The third-order valence-electron chi connectivity index (χ3n) is 4.88. The maximum absolute atomic E-state index is 13.3. The fraction of sp³-hybridized carbons (Fsp3) is 0.304. The van der Waals surface area contributed by atoms with Crippen molar-refractivity contribution in [3.63, 3.8) is 0 Å². The van der Waals surface area contributed by atoms with E-state index in [1.807, 2.05) is 26.0 Å². The topological polar surface area (TPSA) is 101 Å². The largest absolute Gasteiger partial charge is 0.394 e. The van der Waals surface area contributed by atoms with Crippen molar-refractivity contribution in [1.82, 2.24) is 14.9 Å². The number of amides is 1. The number of pyridine rings is 1. The van der Waals surface area contributed by atoms with E-state index < -0.39 is 6.04 Å². The second-order valence-electron chi connectivity index (χ2n) is 7.73. The van der Waals surface area contributed by atoms with Gasteiger partial charge in [0.25, 0.3) is 5.91 Å². The number of nitrogens with one attached hydrogen (secondary N) is 2. The lowest BCUT2D eigenvalue weighted by atomic mass is 10.1. The SMILES string of the molecule is CC(C)Nc1cc(-c2c[nH]c(C(=O)N(Cc3cccc(Cl)c3)C(CO)CO)c2)c(Cl)cn1. The summed E-state index contributed by atoms with van der Waals surface area (Å²) in [6.07, 6.45) is 3.26. The van der Waals surface area contributed by atoms with Crippen LogP contribution < -0.4 is 5.32 Å². The average Bonchev–Trinajstić information content (AvgIpc) is 3.24. The van der Waals surface area contributed by atoms with E-state index in [4.69, 9.17) is 23.2 Å². The van der Waals surface area contributed by atoms with Crippen LogP contribution >= 0.6 is 23.2 Å². The third kappa shape index (κ3) is 5.81. The van der Waals surface area contributed by atoms with Gasteiger partial charge in [-0.05, 0) is 43.7 Å². The summed E-state index contributed by atoms with van der Waals surface area (Å²) in [5, 5.41) is 23.7. The smallest absolute Gasteiger partial charge is 0.270 e. The summed E-state index contributed by atoms with van der Waals surface area (Å²) in [7, 11) is 0. The van der Waals surface area contributed by atoms with Gasteiger partial charge in [-0.3, -0.25) is 4.79 Å². The highest BCUT2D eigenvalue weighted by Gasteiger charge is 2.25. The minimum atomic E-state index is -0.764. The monoisotopic (exact) mass is 476 g/mol. The number of hydrogen-bond donors (Lipinski definition) is 4. The Kier molecular flexibility index (Phi) is 8.15. The summed E-state index contributed by atoms with van der Waals surface area (Å²) in [6, 6.07) is 10.1. The van der Waals surface area contributed by atoms with E-state index in [2.05, 4.69) is 15.3 Å².